The first-order valence-corrected chi connectivity index (χ1v) is 7.14. The van der Waals surface area contributed by atoms with Gasteiger partial charge in [0.05, 0.1) is 0 Å². The minimum absolute atomic E-state index is 0.00986. The van der Waals surface area contributed by atoms with Gasteiger partial charge in [-0.2, -0.15) is 0 Å². The maximum absolute atomic E-state index is 12.0. The van der Waals surface area contributed by atoms with Crippen molar-refractivity contribution >= 4 is 17.2 Å². The first kappa shape index (κ1) is 13.3. The Morgan fingerprint density at radius 1 is 1.61 bits per heavy atom. The number of aromatic nitrogens is 1. The second-order valence-corrected chi connectivity index (χ2v) is 5.61. The van der Waals surface area contributed by atoms with Crippen LogP contribution in [0.25, 0.3) is 0 Å². The lowest BCUT2D eigenvalue weighted by Gasteiger charge is -2.30. The number of aryl methyl sites for hydroxylation is 1. The molecule has 0 aliphatic carbocycles. The number of rotatable bonds is 3. The number of piperidine rings is 1. The third kappa shape index (κ3) is 3.00. The number of amides is 1. The highest BCUT2D eigenvalue weighted by Gasteiger charge is 2.21. The van der Waals surface area contributed by atoms with Gasteiger partial charge in [0, 0.05) is 43.2 Å². The summed E-state index contributed by atoms with van der Waals surface area (Å²) in [6.07, 6.45) is 2.35. The SMILES string of the molecule is Cc1csc(=O)n1CCC(=O)N1CCCC(N)C1. The normalized spacial score (nSPS) is 20.1. The van der Waals surface area contributed by atoms with Crippen molar-refractivity contribution in [1.82, 2.24) is 9.47 Å². The summed E-state index contributed by atoms with van der Waals surface area (Å²) in [5, 5.41) is 1.82. The van der Waals surface area contributed by atoms with Crippen LogP contribution in [0.2, 0.25) is 0 Å². The summed E-state index contributed by atoms with van der Waals surface area (Å²) < 4.78 is 1.66. The summed E-state index contributed by atoms with van der Waals surface area (Å²) in [6, 6.07) is 0.105. The lowest BCUT2D eigenvalue weighted by molar-refractivity contribution is -0.132. The third-order valence-electron chi connectivity index (χ3n) is 3.34. The van der Waals surface area contributed by atoms with Crippen molar-refractivity contribution in [2.75, 3.05) is 13.1 Å². The van der Waals surface area contributed by atoms with Crippen LogP contribution < -0.4 is 10.6 Å². The predicted molar refractivity (Wildman–Crippen MR) is 71.7 cm³/mol. The standard InChI is InChI=1S/C12H19N3O2S/c1-9-8-18-12(17)15(9)6-4-11(16)14-5-2-3-10(13)7-14/h8,10H,2-7,13H2,1H3. The van der Waals surface area contributed by atoms with Gasteiger partial charge in [-0.1, -0.05) is 11.3 Å². The Kier molecular flexibility index (Phi) is 4.19. The Bertz CT molecular complexity index is 480. The minimum atomic E-state index is 0.00986. The number of carbonyl (C=O) groups is 1. The van der Waals surface area contributed by atoms with Gasteiger partial charge < -0.3 is 15.2 Å². The molecule has 1 saturated heterocycles. The van der Waals surface area contributed by atoms with E-state index in [2.05, 4.69) is 0 Å². The zero-order chi connectivity index (χ0) is 13.1. The molecular weight excluding hydrogens is 250 g/mol. The van der Waals surface area contributed by atoms with Crippen LogP contribution in [0.15, 0.2) is 10.2 Å². The molecule has 1 aliphatic heterocycles. The zero-order valence-electron chi connectivity index (χ0n) is 10.6. The average molecular weight is 269 g/mol. The van der Waals surface area contributed by atoms with E-state index < -0.39 is 0 Å². The average Bonchev–Trinajstić information content (AvgIpc) is 2.66. The van der Waals surface area contributed by atoms with Crippen molar-refractivity contribution in [2.24, 2.45) is 5.73 Å². The van der Waals surface area contributed by atoms with Gasteiger partial charge in [0.1, 0.15) is 0 Å². The molecule has 100 valence electrons. The number of thiazole rings is 1. The molecule has 0 spiro atoms. The fraction of sp³-hybridized carbons (Fsp3) is 0.667. The summed E-state index contributed by atoms with van der Waals surface area (Å²) in [6.45, 7) is 3.80. The number of carbonyl (C=O) groups excluding carboxylic acids is 1. The third-order valence-corrected chi connectivity index (χ3v) is 4.22. The van der Waals surface area contributed by atoms with E-state index in [9.17, 15) is 9.59 Å². The van der Waals surface area contributed by atoms with Crippen LogP contribution in [0.5, 0.6) is 0 Å². The highest BCUT2D eigenvalue weighted by Crippen LogP contribution is 2.10. The summed E-state index contributed by atoms with van der Waals surface area (Å²) in [7, 11) is 0. The van der Waals surface area contributed by atoms with E-state index in [-0.39, 0.29) is 16.8 Å². The monoisotopic (exact) mass is 269 g/mol. The van der Waals surface area contributed by atoms with Gasteiger partial charge in [-0.3, -0.25) is 9.59 Å². The van der Waals surface area contributed by atoms with Crippen LogP contribution in [0, 0.1) is 6.92 Å². The second kappa shape index (κ2) is 5.67. The van der Waals surface area contributed by atoms with Crippen molar-refractivity contribution < 1.29 is 4.79 Å². The molecule has 1 amide bonds. The summed E-state index contributed by atoms with van der Waals surface area (Å²) in [5.41, 5.74) is 6.78. The van der Waals surface area contributed by atoms with Gasteiger partial charge in [-0.05, 0) is 19.8 Å². The predicted octanol–water partition coefficient (Wildman–Crippen LogP) is 0.558. The quantitative estimate of drug-likeness (QED) is 0.871. The zero-order valence-corrected chi connectivity index (χ0v) is 11.4. The Morgan fingerprint density at radius 3 is 3.00 bits per heavy atom. The molecule has 1 unspecified atom stereocenters. The number of hydrogen-bond acceptors (Lipinski definition) is 4. The Labute approximate surface area is 110 Å². The molecule has 1 aliphatic rings. The Hall–Kier alpha value is -1.14. The van der Waals surface area contributed by atoms with Crippen LogP contribution in [-0.2, 0) is 11.3 Å². The molecule has 1 aromatic rings. The van der Waals surface area contributed by atoms with E-state index in [0.29, 0.717) is 19.5 Å². The highest BCUT2D eigenvalue weighted by atomic mass is 32.1. The van der Waals surface area contributed by atoms with E-state index in [1.54, 1.807) is 4.57 Å². The molecule has 6 heteroatoms. The van der Waals surface area contributed by atoms with Gasteiger partial charge in [0.15, 0.2) is 0 Å². The van der Waals surface area contributed by atoms with Crippen molar-refractivity contribution in [3.63, 3.8) is 0 Å². The molecule has 2 N–H and O–H groups in total. The Morgan fingerprint density at radius 2 is 2.39 bits per heavy atom. The Balaban J connectivity index is 1.90. The molecule has 1 fully saturated rings. The van der Waals surface area contributed by atoms with Crippen molar-refractivity contribution in [3.8, 4) is 0 Å². The minimum Gasteiger partial charge on any atom is -0.341 e. The van der Waals surface area contributed by atoms with Crippen LogP contribution in [0.4, 0.5) is 0 Å². The van der Waals surface area contributed by atoms with Crippen LogP contribution in [0.3, 0.4) is 0 Å². The molecular formula is C12H19N3O2S. The fourth-order valence-electron chi connectivity index (χ4n) is 2.28. The highest BCUT2D eigenvalue weighted by molar-refractivity contribution is 7.07. The second-order valence-electron chi connectivity index (χ2n) is 4.79. The molecule has 0 radical (unpaired) electrons. The van der Waals surface area contributed by atoms with E-state index >= 15 is 0 Å². The molecule has 2 rings (SSSR count). The van der Waals surface area contributed by atoms with E-state index in [0.717, 1.165) is 25.1 Å². The molecule has 1 aromatic heterocycles. The number of nitrogens with two attached hydrogens (primary N) is 1. The van der Waals surface area contributed by atoms with Gasteiger partial charge in [0.25, 0.3) is 0 Å². The number of nitrogens with zero attached hydrogens (tertiary/aromatic N) is 2. The van der Waals surface area contributed by atoms with E-state index in [1.165, 1.54) is 11.3 Å². The molecule has 18 heavy (non-hydrogen) atoms. The van der Waals surface area contributed by atoms with Crippen LogP contribution in [0.1, 0.15) is 25.0 Å². The lowest BCUT2D eigenvalue weighted by Crippen LogP contribution is -2.46. The van der Waals surface area contributed by atoms with Crippen LogP contribution >= 0.6 is 11.3 Å². The van der Waals surface area contributed by atoms with Gasteiger partial charge >= 0.3 is 4.87 Å². The number of hydrogen-bond donors (Lipinski definition) is 1. The van der Waals surface area contributed by atoms with Crippen molar-refractivity contribution in [3.05, 3.63) is 20.7 Å². The number of likely N-dealkylation sites (tertiary alicyclic amines) is 1. The molecule has 2 heterocycles. The van der Waals surface area contributed by atoms with E-state index in [4.69, 9.17) is 5.73 Å². The molecule has 0 saturated carbocycles. The van der Waals surface area contributed by atoms with Gasteiger partial charge in [-0.15, -0.1) is 0 Å². The summed E-state index contributed by atoms with van der Waals surface area (Å²) >= 11 is 1.18. The first-order chi connectivity index (χ1) is 8.58. The maximum atomic E-state index is 12.0. The van der Waals surface area contributed by atoms with Crippen LogP contribution in [-0.4, -0.2) is 34.5 Å². The summed E-state index contributed by atoms with van der Waals surface area (Å²) in [5.74, 6) is 0.0997. The molecule has 1 atom stereocenters. The van der Waals surface area contributed by atoms with E-state index in [1.807, 2.05) is 17.2 Å². The van der Waals surface area contributed by atoms with Crippen molar-refractivity contribution in [1.29, 1.82) is 0 Å². The lowest BCUT2D eigenvalue weighted by atomic mass is 10.1. The maximum Gasteiger partial charge on any atom is 0.307 e. The topological polar surface area (TPSA) is 68.3 Å². The molecule has 0 aromatic carbocycles. The van der Waals surface area contributed by atoms with Gasteiger partial charge in [0.2, 0.25) is 5.91 Å². The summed E-state index contributed by atoms with van der Waals surface area (Å²) in [4.78, 5) is 25.4. The smallest absolute Gasteiger partial charge is 0.307 e. The first-order valence-electron chi connectivity index (χ1n) is 6.26. The van der Waals surface area contributed by atoms with Crippen molar-refractivity contribution in [2.45, 2.75) is 38.8 Å². The fourth-order valence-corrected chi connectivity index (χ4v) is 3.04. The molecule has 0 bridgehead atoms. The largest absolute Gasteiger partial charge is 0.341 e. The van der Waals surface area contributed by atoms with Gasteiger partial charge in [-0.25, -0.2) is 0 Å². The molecule has 5 nitrogen and oxygen atoms in total.